The molecular formula is C13H18N2O4. The first-order valence-electron chi connectivity index (χ1n) is 6.11. The summed E-state index contributed by atoms with van der Waals surface area (Å²) in [6.45, 7) is 4.23. The number of anilines is 1. The Morgan fingerprint density at radius 3 is 2.79 bits per heavy atom. The van der Waals surface area contributed by atoms with Crippen molar-refractivity contribution in [1.82, 2.24) is 0 Å². The molecule has 0 heterocycles. The van der Waals surface area contributed by atoms with Crippen LogP contribution in [0.2, 0.25) is 0 Å². The monoisotopic (exact) mass is 266 g/mol. The number of carboxylic acid groups (broad SMARTS) is 1. The fourth-order valence-corrected chi connectivity index (χ4v) is 1.78. The van der Waals surface area contributed by atoms with Crippen LogP contribution in [0.15, 0.2) is 18.2 Å². The van der Waals surface area contributed by atoms with Gasteiger partial charge in [-0.2, -0.15) is 0 Å². The van der Waals surface area contributed by atoms with Gasteiger partial charge in [-0.15, -0.1) is 0 Å². The van der Waals surface area contributed by atoms with Crippen LogP contribution in [-0.2, 0) is 4.79 Å². The van der Waals surface area contributed by atoms with Crippen LogP contribution in [0.4, 0.5) is 11.4 Å². The van der Waals surface area contributed by atoms with Gasteiger partial charge in [0.25, 0.3) is 5.69 Å². The van der Waals surface area contributed by atoms with Crippen LogP contribution in [-0.4, -0.2) is 22.5 Å². The van der Waals surface area contributed by atoms with E-state index in [1.165, 1.54) is 6.07 Å². The van der Waals surface area contributed by atoms with Gasteiger partial charge in [-0.3, -0.25) is 14.9 Å². The first-order valence-corrected chi connectivity index (χ1v) is 6.11. The highest BCUT2D eigenvalue weighted by Gasteiger charge is 2.16. The SMILES string of the molecule is Cc1cccc([N+](=O)[O-])c1NCC(C)CCC(=O)O. The second-order valence-corrected chi connectivity index (χ2v) is 4.64. The number of nitro benzene ring substituents is 1. The highest BCUT2D eigenvalue weighted by Crippen LogP contribution is 2.27. The standard InChI is InChI=1S/C13H18N2O4/c1-9(6-7-12(16)17)8-14-13-10(2)4-3-5-11(13)15(18)19/h3-5,9,14H,6-8H2,1-2H3,(H,16,17). The van der Waals surface area contributed by atoms with Crippen molar-refractivity contribution < 1.29 is 14.8 Å². The first kappa shape index (κ1) is 14.9. The van der Waals surface area contributed by atoms with Gasteiger partial charge in [0.05, 0.1) is 4.92 Å². The van der Waals surface area contributed by atoms with Crippen LogP contribution in [0.25, 0.3) is 0 Å². The van der Waals surface area contributed by atoms with Gasteiger partial charge in [0.15, 0.2) is 0 Å². The summed E-state index contributed by atoms with van der Waals surface area (Å²) in [6.07, 6.45) is 0.653. The number of carbonyl (C=O) groups is 1. The van der Waals surface area contributed by atoms with E-state index in [2.05, 4.69) is 5.32 Å². The molecule has 0 aliphatic carbocycles. The summed E-state index contributed by atoms with van der Waals surface area (Å²) in [7, 11) is 0. The summed E-state index contributed by atoms with van der Waals surface area (Å²) >= 11 is 0. The number of nitro groups is 1. The van der Waals surface area contributed by atoms with Crippen LogP contribution >= 0.6 is 0 Å². The van der Waals surface area contributed by atoms with E-state index in [0.717, 1.165) is 5.56 Å². The predicted molar refractivity (Wildman–Crippen MR) is 72.4 cm³/mol. The second-order valence-electron chi connectivity index (χ2n) is 4.64. The molecule has 0 bridgehead atoms. The lowest BCUT2D eigenvalue weighted by molar-refractivity contribution is -0.384. The molecule has 2 N–H and O–H groups in total. The maximum atomic E-state index is 10.9. The third-order valence-electron chi connectivity index (χ3n) is 2.93. The molecule has 0 aliphatic rings. The molecule has 0 aliphatic heterocycles. The highest BCUT2D eigenvalue weighted by molar-refractivity contribution is 5.67. The lowest BCUT2D eigenvalue weighted by Gasteiger charge is -2.14. The van der Waals surface area contributed by atoms with E-state index >= 15 is 0 Å². The number of rotatable bonds is 7. The molecule has 6 nitrogen and oxygen atoms in total. The number of benzene rings is 1. The van der Waals surface area contributed by atoms with Crippen molar-refractivity contribution in [2.75, 3.05) is 11.9 Å². The lowest BCUT2D eigenvalue weighted by atomic mass is 10.1. The van der Waals surface area contributed by atoms with Gasteiger partial charge in [0.1, 0.15) is 5.69 Å². The Hall–Kier alpha value is -2.11. The lowest BCUT2D eigenvalue weighted by Crippen LogP contribution is -2.14. The molecule has 0 amide bonds. The quantitative estimate of drug-likeness (QED) is 0.584. The van der Waals surface area contributed by atoms with Crippen LogP contribution in [0.5, 0.6) is 0 Å². The number of aryl methyl sites for hydroxylation is 1. The maximum Gasteiger partial charge on any atom is 0.303 e. The fourth-order valence-electron chi connectivity index (χ4n) is 1.78. The third-order valence-corrected chi connectivity index (χ3v) is 2.93. The van der Waals surface area contributed by atoms with Crippen LogP contribution in [0.1, 0.15) is 25.3 Å². The van der Waals surface area contributed by atoms with Gasteiger partial charge in [-0.1, -0.05) is 19.1 Å². The summed E-state index contributed by atoms with van der Waals surface area (Å²) in [5.41, 5.74) is 1.36. The Labute approximate surface area is 111 Å². The van der Waals surface area contributed by atoms with E-state index in [-0.39, 0.29) is 18.0 Å². The molecule has 0 fully saturated rings. The Balaban J connectivity index is 2.67. The van der Waals surface area contributed by atoms with Crippen LogP contribution in [0.3, 0.4) is 0 Å². The van der Waals surface area contributed by atoms with Crippen LogP contribution in [0, 0.1) is 23.0 Å². The van der Waals surface area contributed by atoms with E-state index in [1.54, 1.807) is 19.1 Å². The summed E-state index contributed by atoms with van der Waals surface area (Å²) in [5, 5.41) is 22.6. The molecule has 1 unspecified atom stereocenters. The van der Waals surface area contributed by atoms with Crippen molar-refractivity contribution in [3.63, 3.8) is 0 Å². The fraction of sp³-hybridized carbons (Fsp3) is 0.462. The van der Waals surface area contributed by atoms with Crippen molar-refractivity contribution in [3.05, 3.63) is 33.9 Å². The molecule has 0 saturated heterocycles. The van der Waals surface area contributed by atoms with E-state index in [4.69, 9.17) is 5.11 Å². The Morgan fingerprint density at radius 1 is 1.53 bits per heavy atom. The maximum absolute atomic E-state index is 10.9. The van der Waals surface area contributed by atoms with Crippen molar-refractivity contribution in [3.8, 4) is 0 Å². The Morgan fingerprint density at radius 2 is 2.21 bits per heavy atom. The van der Waals surface area contributed by atoms with E-state index in [9.17, 15) is 14.9 Å². The van der Waals surface area contributed by atoms with Gasteiger partial charge in [-0.25, -0.2) is 0 Å². The summed E-state index contributed by atoms with van der Waals surface area (Å²) < 4.78 is 0. The molecule has 0 radical (unpaired) electrons. The molecule has 1 atom stereocenters. The molecule has 0 spiro atoms. The molecule has 19 heavy (non-hydrogen) atoms. The minimum Gasteiger partial charge on any atom is -0.481 e. The van der Waals surface area contributed by atoms with E-state index in [1.807, 2.05) is 6.92 Å². The number of nitrogens with one attached hydrogen (secondary N) is 1. The first-order chi connectivity index (χ1) is 8.91. The average Bonchev–Trinajstić information content (AvgIpc) is 2.34. The number of hydrogen-bond acceptors (Lipinski definition) is 4. The molecule has 1 aromatic rings. The molecule has 104 valence electrons. The summed E-state index contributed by atoms with van der Waals surface area (Å²) in [5.74, 6) is -0.691. The van der Waals surface area contributed by atoms with Gasteiger partial charge < -0.3 is 10.4 Å². The van der Waals surface area contributed by atoms with E-state index < -0.39 is 10.9 Å². The topological polar surface area (TPSA) is 92.5 Å². The number of hydrogen-bond donors (Lipinski definition) is 2. The summed E-state index contributed by atoms with van der Waals surface area (Å²) in [4.78, 5) is 21.0. The minimum absolute atomic E-state index is 0.0467. The van der Waals surface area contributed by atoms with E-state index in [0.29, 0.717) is 18.7 Å². The molecule has 1 rings (SSSR count). The smallest absolute Gasteiger partial charge is 0.303 e. The predicted octanol–water partition coefficient (Wildman–Crippen LogP) is 2.82. The van der Waals surface area contributed by atoms with Gasteiger partial charge in [-0.05, 0) is 24.8 Å². The van der Waals surface area contributed by atoms with Crippen molar-refractivity contribution >= 4 is 17.3 Å². The number of nitrogens with zero attached hydrogens (tertiary/aromatic N) is 1. The molecular weight excluding hydrogens is 248 g/mol. The van der Waals surface area contributed by atoms with Gasteiger partial charge in [0.2, 0.25) is 0 Å². The molecule has 0 saturated carbocycles. The summed E-state index contributed by atoms with van der Waals surface area (Å²) in [6, 6.07) is 4.90. The number of carboxylic acids is 1. The van der Waals surface area contributed by atoms with Crippen molar-refractivity contribution in [2.45, 2.75) is 26.7 Å². The largest absolute Gasteiger partial charge is 0.481 e. The van der Waals surface area contributed by atoms with Crippen molar-refractivity contribution in [1.29, 1.82) is 0 Å². The zero-order valence-corrected chi connectivity index (χ0v) is 11.0. The normalized spacial score (nSPS) is 11.9. The minimum atomic E-state index is -0.825. The van der Waals surface area contributed by atoms with Gasteiger partial charge >= 0.3 is 5.97 Å². The number of aliphatic carboxylic acids is 1. The van der Waals surface area contributed by atoms with Gasteiger partial charge in [0, 0.05) is 19.0 Å². The Bertz CT molecular complexity index is 474. The zero-order valence-electron chi connectivity index (χ0n) is 11.0. The zero-order chi connectivity index (χ0) is 14.4. The molecule has 0 aromatic heterocycles. The van der Waals surface area contributed by atoms with Crippen molar-refractivity contribution in [2.24, 2.45) is 5.92 Å². The third kappa shape index (κ3) is 4.57. The van der Waals surface area contributed by atoms with Crippen LogP contribution < -0.4 is 5.32 Å². The highest BCUT2D eigenvalue weighted by atomic mass is 16.6. The number of para-hydroxylation sites is 1. The second kappa shape index (κ2) is 6.72. The molecule has 6 heteroatoms. The average molecular weight is 266 g/mol. The molecule has 1 aromatic carbocycles. The Kier molecular flexibility index (Phi) is 5.29.